The fraction of sp³-hybridized carbons (Fsp3) is 0.529. The second-order valence-corrected chi connectivity index (χ2v) is 22.1. The molecule has 2 aromatic carbocycles. The van der Waals surface area contributed by atoms with Gasteiger partial charge in [0.15, 0.2) is 0 Å². The quantitative estimate of drug-likeness (QED) is 0.0478. The van der Waals surface area contributed by atoms with Crippen LogP contribution < -0.4 is 9.47 Å². The zero-order valence-corrected chi connectivity index (χ0v) is 32.5. The van der Waals surface area contributed by atoms with E-state index >= 15 is 0 Å². The molecule has 0 amide bonds. The number of rotatable bonds is 21. The van der Waals surface area contributed by atoms with Gasteiger partial charge in [0.2, 0.25) is 0 Å². The molecule has 0 aliphatic rings. The van der Waals surface area contributed by atoms with E-state index in [-0.39, 0.29) is 47.8 Å². The molecule has 0 aliphatic heterocycles. The molecular formula is C34H42Cl2F4N6O4S2. The van der Waals surface area contributed by atoms with E-state index in [1.54, 1.807) is 15.2 Å². The second-order valence-electron chi connectivity index (χ2n) is 12.9. The van der Waals surface area contributed by atoms with Gasteiger partial charge in [-0.1, -0.05) is 0 Å². The molecule has 286 valence electrons. The van der Waals surface area contributed by atoms with E-state index in [1.807, 2.05) is 12.1 Å². The van der Waals surface area contributed by atoms with Crippen molar-refractivity contribution in [2.45, 2.75) is 38.1 Å². The molecule has 0 unspecified atom stereocenters. The number of hydrogen-bond donors (Lipinski definition) is 0. The van der Waals surface area contributed by atoms with Crippen LogP contribution in [0.15, 0.2) is 24.3 Å². The van der Waals surface area contributed by atoms with Crippen LogP contribution in [-0.4, -0.2) is 106 Å². The van der Waals surface area contributed by atoms with Crippen molar-refractivity contribution in [3.63, 3.8) is 0 Å². The minimum atomic E-state index is -2.68. The molecule has 0 saturated carbocycles. The minimum Gasteiger partial charge on any atom is -0.486 e. The lowest BCUT2D eigenvalue weighted by Gasteiger charge is -2.38. The molecule has 4 aromatic rings. The van der Waals surface area contributed by atoms with Gasteiger partial charge in [0.05, 0.1) is 58.2 Å². The molecule has 0 N–H and O–H groups in total. The summed E-state index contributed by atoms with van der Waals surface area (Å²) >= 11 is 12.3. The summed E-state index contributed by atoms with van der Waals surface area (Å²) in [6, 6.07) is 10.0. The van der Waals surface area contributed by atoms with Gasteiger partial charge in [-0.05, 0) is 48.7 Å². The highest BCUT2D eigenvalue weighted by Crippen LogP contribution is 2.47. The maximum absolute atomic E-state index is 12.8. The van der Waals surface area contributed by atoms with Crippen molar-refractivity contribution in [3.05, 3.63) is 47.0 Å². The molecule has 0 bridgehead atoms. The van der Waals surface area contributed by atoms with Crippen LogP contribution in [0, 0.1) is 22.7 Å². The highest BCUT2D eigenvalue weighted by atomic mass is 35.5. The zero-order chi connectivity index (χ0) is 38.1. The van der Waals surface area contributed by atoms with E-state index < -0.39 is 46.1 Å². The molecule has 0 fully saturated rings. The Morgan fingerprint density at radius 3 is 1.54 bits per heavy atom. The SMILES string of the molecule is CS(C)(CCOCn1c(CCl)nc2cc(OCC(F)F)c(C#N)cc21)CCS(C)(C)CCOCn1c(CCl)nc2cc(C#N)c(OCC(F)F)cc21. The standard InChI is InChI=1S/C34H42Cl2F4N6O4S2/c1-51(2,7-5-47-21-45-27-12-24(18-42)29(49-19-31(37)38)13-26(27)44-34(45)16-36)9-10-52(3,4)8-6-48-22-46-28-14-30(50-20-32(39)40)23(17-41)11-25(28)43-33(46)15-35/h11-14,31-32H,5-10,15-16,19-22H2,1-4H3. The number of hydrogen-bond acceptors (Lipinski definition) is 8. The lowest BCUT2D eigenvalue weighted by Crippen LogP contribution is -2.20. The Balaban J connectivity index is 1.27. The summed E-state index contributed by atoms with van der Waals surface area (Å²) in [4.78, 5) is 8.98. The molecule has 52 heavy (non-hydrogen) atoms. The Kier molecular flexibility index (Phi) is 15.0. The average Bonchev–Trinajstić information content (AvgIpc) is 3.64. The van der Waals surface area contributed by atoms with Gasteiger partial charge in [-0.2, -0.15) is 10.5 Å². The van der Waals surface area contributed by atoms with Crippen molar-refractivity contribution in [1.29, 1.82) is 10.5 Å². The Hall–Kier alpha value is -3.12. The highest BCUT2D eigenvalue weighted by molar-refractivity contribution is 8.35. The average molecular weight is 810 g/mol. The van der Waals surface area contributed by atoms with Crippen molar-refractivity contribution >= 4 is 65.3 Å². The van der Waals surface area contributed by atoms with Gasteiger partial charge in [-0.25, -0.2) is 47.6 Å². The smallest absolute Gasteiger partial charge is 0.272 e. The van der Waals surface area contributed by atoms with Crippen molar-refractivity contribution < 1.29 is 36.5 Å². The first kappa shape index (κ1) is 41.6. The number of aromatic nitrogens is 4. The fourth-order valence-corrected chi connectivity index (χ4v) is 10.7. The van der Waals surface area contributed by atoms with E-state index in [0.717, 1.165) is 23.0 Å². The molecule has 2 aromatic heterocycles. The van der Waals surface area contributed by atoms with Gasteiger partial charge in [0, 0.05) is 23.6 Å². The Morgan fingerprint density at radius 1 is 0.673 bits per heavy atom. The van der Waals surface area contributed by atoms with Crippen LogP contribution in [-0.2, 0) is 34.7 Å². The third-order valence-electron chi connectivity index (χ3n) is 8.26. The molecule has 0 radical (unpaired) electrons. The second kappa shape index (κ2) is 18.8. The Labute approximate surface area is 313 Å². The number of halogens is 6. The number of nitrogens with zero attached hydrogens (tertiary/aromatic N) is 6. The van der Waals surface area contributed by atoms with Gasteiger partial charge in [0.1, 0.15) is 62.0 Å². The predicted molar refractivity (Wildman–Crippen MR) is 201 cm³/mol. The third-order valence-corrected chi connectivity index (χ3v) is 14.2. The van der Waals surface area contributed by atoms with Gasteiger partial charge >= 0.3 is 0 Å². The number of ether oxygens (including phenoxy) is 4. The maximum Gasteiger partial charge on any atom is 0.272 e. The van der Waals surface area contributed by atoms with Gasteiger partial charge < -0.3 is 28.1 Å². The maximum atomic E-state index is 12.8. The van der Waals surface area contributed by atoms with E-state index in [2.05, 4.69) is 35.0 Å². The summed E-state index contributed by atoms with van der Waals surface area (Å²) < 4.78 is 76.9. The fourth-order valence-electron chi connectivity index (χ4n) is 5.15. The largest absolute Gasteiger partial charge is 0.486 e. The third kappa shape index (κ3) is 11.2. The minimum absolute atomic E-state index is 0.0444. The summed E-state index contributed by atoms with van der Waals surface area (Å²) in [6.45, 7) is -0.307. The monoisotopic (exact) mass is 808 g/mol. The lowest BCUT2D eigenvalue weighted by atomic mass is 10.2. The molecule has 2 heterocycles. The number of fused-ring (bicyclic) bond motifs is 2. The van der Waals surface area contributed by atoms with Crippen LogP contribution in [0.5, 0.6) is 11.5 Å². The highest BCUT2D eigenvalue weighted by Gasteiger charge is 2.21. The molecule has 0 aliphatic carbocycles. The van der Waals surface area contributed by atoms with E-state index in [9.17, 15) is 28.1 Å². The lowest BCUT2D eigenvalue weighted by molar-refractivity contribution is 0.0815. The number of imidazole rings is 2. The van der Waals surface area contributed by atoms with E-state index in [0.29, 0.717) is 46.9 Å². The summed E-state index contributed by atoms with van der Waals surface area (Å²) in [5, 5.41) is 19.0. The van der Waals surface area contributed by atoms with Crippen molar-refractivity contribution in [2.75, 3.05) is 74.5 Å². The first-order valence-corrected chi connectivity index (χ1v) is 22.7. The van der Waals surface area contributed by atoms with E-state index in [4.69, 9.17) is 42.1 Å². The molecule has 0 spiro atoms. The molecule has 10 nitrogen and oxygen atoms in total. The molecule has 18 heteroatoms. The van der Waals surface area contributed by atoms with Gasteiger partial charge in [-0.3, -0.25) is 0 Å². The normalized spacial score (nSPS) is 12.9. The Morgan fingerprint density at radius 2 is 1.10 bits per heavy atom. The van der Waals surface area contributed by atoms with Gasteiger partial charge in [-0.15, -0.1) is 23.2 Å². The van der Waals surface area contributed by atoms with Crippen LogP contribution in [0.4, 0.5) is 17.6 Å². The summed E-state index contributed by atoms with van der Waals surface area (Å²) in [6.07, 6.45) is 3.79. The zero-order valence-electron chi connectivity index (χ0n) is 29.3. The topological polar surface area (TPSA) is 120 Å². The summed E-state index contributed by atoms with van der Waals surface area (Å²) in [5.41, 5.74) is 2.39. The van der Waals surface area contributed by atoms with Crippen molar-refractivity contribution in [3.8, 4) is 23.6 Å². The van der Waals surface area contributed by atoms with Crippen molar-refractivity contribution in [1.82, 2.24) is 19.1 Å². The Bertz CT molecular complexity index is 1910. The molecule has 0 saturated heterocycles. The predicted octanol–water partition coefficient (Wildman–Crippen LogP) is 7.67. The van der Waals surface area contributed by atoms with Crippen LogP contribution in [0.2, 0.25) is 0 Å². The first-order valence-electron chi connectivity index (χ1n) is 16.0. The van der Waals surface area contributed by atoms with Crippen LogP contribution in [0.3, 0.4) is 0 Å². The molecular weight excluding hydrogens is 767 g/mol. The number of nitriles is 2. The van der Waals surface area contributed by atoms with Crippen LogP contribution >= 0.6 is 43.3 Å². The number of alkyl halides is 6. The van der Waals surface area contributed by atoms with E-state index in [1.165, 1.54) is 18.2 Å². The summed E-state index contributed by atoms with van der Waals surface area (Å²) in [5.74, 6) is 5.21. The molecule has 0 atom stereocenters. The van der Waals surface area contributed by atoms with Crippen LogP contribution in [0.25, 0.3) is 22.1 Å². The first-order chi connectivity index (χ1) is 24.7. The molecule has 4 rings (SSSR count). The van der Waals surface area contributed by atoms with Crippen molar-refractivity contribution in [2.24, 2.45) is 0 Å². The van der Waals surface area contributed by atoms with Gasteiger partial charge in [0.25, 0.3) is 12.9 Å². The van der Waals surface area contributed by atoms with Crippen LogP contribution in [0.1, 0.15) is 22.8 Å². The number of benzene rings is 2. The summed E-state index contributed by atoms with van der Waals surface area (Å²) in [7, 11) is -1.98.